The van der Waals surface area contributed by atoms with Gasteiger partial charge in [-0.15, -0.1) is 0 Å². The molecule has 10 rings (SSSR count). The summed E-state index contributed by atoms with van der Waals surface area (Å²) >= 11 is 0. The molecule has 0 amide bonds. The van der Waals surface area contributed by atoms with Gasteiger partial charge in [-0.3, -0.25) is 9.59 Å². The van der Waals surface area contributed by atoms with Crippen molar-refractivity contribution >= 4 is 33.5 Å². The van der Waals surface area contributed by atoms with Gasteiger partial charge < -0.3 is 34.3 Å². The maximum Gasteiger partial charge on any atom is 0.310 e. The van der Waals surface area contributed by atoms with Crippen molar-refractivity contribution in [1.29, 1.82) is 0 Å². The molecular formula is C56H52O9. The first kappa shape index (κ1) is 42.0. The van der Waals surface area contributed by atoms with E-state index in [1.54, 1.807) is 26.4 Å². The van der Waals surface area contributed by atoms with Gasteiger partial charge >= 0.3 is 11.9 Å². The molecule has 9 heteroatoms. The Morgan fingerprint density at radius 3 is 2.17 bits per heavy atom. The molecule has 7 aromatic carbocycles. The molecule has 0 bridgehead atoms. The lowest BCUT2D eigenvalue weighted by atomic mass is 9.47. The summed E-state index contributed by atoms with van der Waals surface area (Å²) in [4.78, 5) is 27.7. The molecule has 3 aliphatic rings. The molecule has 330 valence electrons. The van der Waals surface area contributed by atoms with Crippen molar-refractivity contribution in [2.75, 3.05) is 14.2 Å². The minimum absolute atomic E-state index is 0.00722. The number of methoxy groups -OCH3 is 2. The molecule has 6 unspecified atom stereocenters. The van der Waals surface area contributed by atoms with E-state index in [0.717, 1.165) is 72.5 Å². The molecule has 0 radical (unpaired) electrons. The number of esters is 2. The molecule has 6 atom stereocenters. The van der Waals surface area contributed by atoms with Crippen LogP contribution in [-0.2, 0) is 50.2 Å². The van der Waals surface area contributed by atoms with E-state index in [9.17, 15) is 24.9 Å². The van der Waals surface area contributed by atoms with Gasteiger partial charge in [0.25, 0.3) is 0 Å². The number of aryl methyl sites for hydroxylation is 1. The van der Waals surface area contributed by atoms with E-state index in [1.807, 2.05) is 84.9 Å². The normalized spacial score (nSPS) is 22.3. The molecule has 0 heterocycles. The first-order valence-electron chi connectivity index (χ1n) is 22.5. The first-order valence-corrected chi connectivity index (χ1v) is 22.5. The summed E-state index contributed by atoms with van der Waals surface area (Å²) in [5, 5.41) is 36.9. The van der Waals surface area contributed by atoms with E-state index >= 15 is 0 Å². The molecule has 0 saturated heterocycles. The van der Waals surface area contributed by atoms with Crippen molar-refractivity contribution in [2.45, 2.75) is 75.4 Å². The van der Waals surface area contributed by atoms with Crippen LogP contribution in [0.15, 0.2) is 127 Å². The average Bonchev–Trinajstić information content (AvgIpc) is 3.30. The Kier molecular flexibility index (Phi) is 10.9. The van der Waals surface area contributed by atoms with Crippen LogP contribution in [0, 0.1) is 11.8 Å². The summed E-state index contributed by atoms with van der Waals surface area (Å²) in [7, 11) is 3.10. The van der Waals surface area contributed by atoms with Crippen LogP contribution in [-0.4, -0.2) is 53.7 Å². The second-order valence-electron chi connectivity index (χ2n) is 18.2. The maximum absolute atomic E-state index is 14.4. The fourth-order valence-electron chi connectivity index (χ4n) is 11.9. The SMILES string of the molecule is COc1cc2c(cc1O)CC1(c3ccc4ccccc4c3)C(C2)C(OC(C)=O)CC(OC(=O)Cc2ccc3cc(O)cc(-c4ccccc4)c3c2)CC2c3cc(OC)c(O)cc3CCC21. The van der Waals surface area contributed by atoms with E-state index < -0.39 is 29.6 Å². The van der Waals surface area contributed by atoms with Gasteiger partial charge in [-0.25, -0.2) is 0 Å². The number of carbonyl (C=O) groups is 2. The zero-order chi connectivity index (χ0) is 45.0. The van der Waals surface area contributed by atoms with Gasteiger partial charge in [-0.05, 0) is 152 Å². The van der Waals surface area contributed by atoms with Gasteiger partial charge in [-0.1, -0.05) is 84.9 Å². The number of fused-ring (bicyclic) bond motifs is 8. The number of benzene rings is 7. The Bertz CT molecular complexity index is 2980. The lowest BCUT2D eigenvalue weighted by molar-refractivity contribution is -0.162. The molecule has 7 aromatic rings. The summed E-state index contributed by atoms with van der Waals surface area (Å²) < 4.78 is 24.5. The van der Waals surface area contributed by atoms with Crippen molar-refractivity contribution in [1.82, 2.24) is 0 Å². The Morgan fingerprint density at radius 1 is 0.677 bits per heavy atom. The van der Waals surface area contributed by atoms with Crippen LogP contribution in [0.5, 0.6) is 28.7 Å². The highest BCUT2D eigenvalue weighted by Gasteiger charge is 2.58. The highest BCUT2D eigenvalue weighted by atomic mass is 16.6. The van der Waals surface area contributed by atoms with Crippen LogP contribution in [0.2, 0.25) is 0 Å². The topological polar surface area (TPSA) is 132 Å². The second-order valence-corrected chi connectivity index (χ2v) is 18.2. The van der Waals surface area contributed by atoms with Gasteiger partial charge in [0.05, 0.1) is 20.6 Å². The predicted octanol–water partition coefficient (Wildman–Crippen LogP) is 10.7. The third-order valence-electron chi connectivity index (χ3n) is 14.6. The van der Waals surface area contributed by atoms with Crippen LogP contribution in [0.3, 0.4) is 0 Å². The summed E-state index contributed by atoms with van der Waals surface area (Å²) in [5.41, 5.74) is 7.15. The maximum atomic E-state index is 14.4. The highest BCUT2D eigenvalue weighted by Crippen LogP contribution is 2.60. The van der Waals surface area contributed by atoms with Crippen molar-refractivity contribution in [3.05, 3.63) is 161 Å². The lowest BCUT2D eigenvalue weighted by Gasteiger charge is -2.57. The Morgan fingerprint density at radius 2 is 1.40 bits per heavy atom. The zero-order valence-corrected chi connectivity index (χ0v) is 36.8. The van der Waals surface area contributed by atoms with E-state index in [1.165, 1.54) is 6.92 Å². The van der Waals surface area contributed by atoms with E-state index in [4.69, 9.17) is 18.9 Å². The number of aromatic hydroxyl groups is 3. The minimum Gasteiger partial charge on any atom is -0.508 e. The quantitative estimate of drug-likeness (QED) is 0.128. The molecule has 1 saturated carbocycles. The van der Waals surface area contributed by atoms with E-state index in [0.29, 0.717) is 37.2 Å². The summed E-state index contributed by atoms with van der Waals surface area (Å²) in [6.45, 7) is 1.44. The van der Waals surface area contributed by atoms with Crippen molar-refractivity contribution in [3.63, 3.8) is 0 Å². The van der Waals surface area contributed by atoms with Crippen LogP contribution >= 0.6 is 0 Å². The molecule has 0 spiro atoms. The molecular weight excluding hydrogens is 817 g/mol. The predicted molar refractivity (Wildman–Crippen MR) is 250 cm³/mol. The number of carbonyl (C=O) groups excluding carboxylic acids is 2. The van der Waals surface area contributed by atoms with Crippen LogP contribution in [0.25, 0.3) is 32.7 Å². The van der Waals surface area contributed by atoms with Crippen molar-refractivity contribution < 1.29 is 43.9 Å². The molecule has 1 fully saturated rings. The largest absolute Gasteiger partial charge is 0.508 e. The van der Waals surface area contributed by atoms with Crippen LogP contribution in [0.1, 0.15) is 65.5 Å². The minimum atomic E-state index is -0.650. The van der Waals surface area contributed by atoms with Crippen LogP contribution < -0.4 is 9.47 Å². The average molecular weight is 869 g/mol. The fourth-order valence-corrected chi connectivity index (χ4v) is 11.9. The van der Waals surface area contributed by atoms with Gasteiger partial charge in [0.1, 0.15) is 18.0 Å². The smallest absolute Gasteiger partial charge is 0.310 e. The fraction of sp³-hybridized carbons (Fsp3) is 0.286. The van der Waals surface area contributed by atoms with E-state index in [2.05, 4.69) is 30.3 Å². The molecule has 0 aromatic heterocycles. The number of phenols is 3. The third-order valence-corrected chi connectivity index (χ3v) is 14.6. The van der Waals surface area contributed by atoms with Crippen molar-refractivity contribution in [3.8, 4) is 39.9 Å². The molecule has 3 aliphatic carbocycles. The number of hydrogen-bond donors (Lipinski definition) is 3. The molecule has 9 nitrogen and oxygen atoms in total. The van der Waals surface area contributed by atoms with Gasteiger partial charge in [0.15, 0.2) is 23.0 Å². The third kappa shape index (κ3) is 7.66. The summed E-state index contributed by atoms with van der Waals surface area (Å²) in [6.07, 6.45) is 1.91. The number of hydrogen-bond acceptors (Lipinski definition) is 9. The van der Waals surface area contributed by atoms with E-state index in [-0.39, 0.29) is 47.8 Å². The number of phenolic OH excluding ortho intramolecular Hbond substituents is 3. The van der Waals surface area contributed by atoms with Gasteiger partial charge in [-0.2, -0.15) is 0 Å². The monoisotopic (exact) mass is 868 g/mol. The molecule has 3 N–H and O–H groups in total. The Hall–Kier alpha value is -7.00. The Labute approximate surface area is 378 Å². The standard InChI is InChI=1S/C56H52O9/c1-32(57)64-52-29-43(65-55(61)20-33-13-14-37-22-42(58)27-45(44(37)19-33)35-10-5-4-6-11-35)28-47-46-30-54(63-3)50(59)24-38(46)16-18-48(47)56(41-17-15-34-9-7-8-12-36(34)21-41)31-40-25-51(60)53(62-2)26-39(40)23-49(52)56/h4-15,17,19,21-22,24-27,30,43,47-49,52,58-60H,16,18,20,23,28-29,31H2,1-3H3. The zero-order valence-electron chi connectivity index (χ0n) is 36.8. The Balaban J connectivity index is 1.10. The molecule has 0 aliphatic heterocycles. The lowest BCUT2D eigenvalue weighted by Crippen LogP contribution is -2.57. The number of rotatable bonds is 8. The van der Waals surface area contributed by atoms with Gasteiger partial charge in [0, 0.05) is 24.7 Å². The number of ether oxygens (including phenoxy) is 4. The van der Waals surface area contributed by atoms with Crippen molar-refractivity contribution in [2.24, 2.45) is 11.8 Å². The second kappa shape index (κ2) is 16.8. The first-order chi connectivity index (χ1) is 31.5. The molecule has 65 heavy (non-hydrogen) atoms. The van der Waals surface area contributed by atoms with Crippen LogP contribution in [0.4, 0.5) is 0 Å². The summed E-state index contributed by atoms with van der Waals surface area (Å²) in [6, 6.07) is 41.7. The van der Waals surface area contributed by atoms with Gasteiger partial charge in [0.2, 0.25) is 0 Å². The summed E-state index contributed by atoms with van der Waals surface area (Å²) in [5.74, 6) is -0.278. The highest BCUT2D eigenvalue weighted by molar-refractivity contribution is 5.98.